The van der Waals surface area contributed by atoms with E-state index < -0.39 is 6.10 Å². The summed E-state index contributed by atoms with van der Waals surface area (Å²) in [6.45, 7) is 2.78. The zero-order chi connectivity index (χ0) is 17.4. The molecule has 2 aliphatic rings. The first-order valence-electron chi connectivity index (χ1n) is 8.26. The van der Waals surface area contributed by atoms with Crippen LogP contribution in [0, 0.1) is 0 Å². The van der Waals surface area contributed by atoms with Gasteiger partial charge in [0.2, 0.25) is 0 Å². The molecule has 1 N–H and O–H groups in total. The molecule has 0 saturated carbocycles. The fourth-order valence-corrected chi connectivity index (χ4v) is 3.12. The van der Waals surface area contributed by atoms with Gasteiger partial charge in [-0.15, -0.1) is 0 Å². The summed E-state index contributed by atoms with van der Waals surface area (Å²) in [7, 11) is 0. The van der Waals surface area contributed by atoms with Crippen molar-refractivity contribution in [2.24, 2.45) is 0 Å². The number of carbonyl (C=O) groups is 2. The second kappa shape index (κ2) is 6.12. The molecule has 6 heteroatoms. The number of benzene rings is 1. The molecule has 0 radical (unpaired) electrons. The van der Waals surface area contributed by atoms with Crippen molar-refractivity contribution < 1.29 is 18.7 Å². The normalized spacial score (nSPS) is 19.6. The van der Waals surface area contributed by atoms with E-state index in [9.17, 15) is 9.59 Å². The maximum atomic E-state index is 13.1. The van der Waals surface area contributed by atoms with Gasteiger partial charge < -0.3 is 19.4 Å². The van der Waals surface area contributed by atoms with Gasteiger partial charge in [-0.3, -0.25) is 9.59 Å². The Morgan fingerprint density at radius 1 is 1.28 bits per heavy atom. The van der Waals surface area contributed by atoms with Crippen LogP contribution in [0.2, 0.25) is 0 Å². The number of fused-ring (bicyclic) bond motifs is 1. The molecule has 0 bridgehead atoms. The highest BCUT2D eigenvalue weighted by atomic mass is 16.5. The SMILES string of the molecule is CC1Oc2c(cccc2C(=O)N2CCC=C(c3ccco3)C2)NC1=O. The monoisotopic (exact) mass is 338 g/mol. The van der Waals surface area contributed by atoms with Gasteiger partial charge in [0.1, 0.15) is 5.76 Å². The number of nitrogens with one attached hydrogen (secondary N) is 1. The van der Waals surface area contributed by atoms with Gasteiger partial charge in [-0.05, 0) is 37.6 Å². The minimum atomic E-state index is -0.624. The largest absolute Gasteiger partial charge is 0.478 e. The van der Waals surface area contributed by atoms with E-state index in [2.05, 4.69) is 11.4 Å². The summed E-state index contributed by atoms with van der Waals surface area (Å²) in [6, 6.07) is 8.95. The molecule has 0 spiro atoms. The summed E-state index contributed by atoms with van der Waals surface area (Å²) in [5.41, 5.74) is 2.00. The second-order valence-electron chi connectivity index (χ2n) is 6.15. The third-order valence-corrected chi connectivity index (χ3v) is 4.44. The molecule has 0 aliphatic carbocycles. The van der Waals surface area contributed by atoms with Crippen molar-refractivity contribution in [3.63, 3.8) is 0 Å². The fraction of sp³-hybridized carbons (Fsp3) is 0.263. The predicted molar refractivity (Wildman–Crippen MR) is 92.4 cm³/mol. The molecule has 1 aromatic carbocycles. The zero-order valence-corrected chi connectivity index (χ0v) is 13.8. The first-order chi connectivity index (χ1) is 12.1. The quantitative estimate of drug-likeness (QED) is 0.914. The molecular weight excluding hydrogens is 320 g/mol. The Bertz CT molecular complexity index is 854. The molecule has 2 amide bonds. The van der Waals surface area contributed by atoms with Crippen molar-refractivity contribution in [1.82, 2.24) is 4.90 Å². The number of hydrogen-bond donors (Lipinski definition) is 1. The number of carbonyl (C=O) groups excluding carboxylic acids is 2. The maximum Gasteiger partial charge on any atom is 0.265 e. The van der Waals surface area contributed by atoms with Gasteiger partial charge in [-0.1, -0.05) is 12.1 Å². The number of anilines is 1. The van der Waals surface area contributed by atoms with Gasteiger partial charge in [0.15, 0.2) is 11.9 Å². The molecule has 1 unspecified atom stereocenters. The van der Waals surface area contributed by atoms with Crippen LogP contribution in [-0.4, -0.2) is 35.9 Å². The molecule has 25 heavy (non-hydrogen) atoms. The lowest BCUT2D eigenvalue weighted by Gasteiger charge is -2.29. The van der Waals surface area contributed by atoms with E-state index in [0.717, 1.165) is 17.8 Å². The van der Waals surface area contributed by atoms with Crippen molar-refractivity contribution in [3.8, 4) is 5.75 Å². The molecule has 3 heterocycles. The average Bonchev–Trinajstić information content (AvgIpc) is 3.16. The first kappa shape index (κ1) is 15.5. The van der Waals surface area contributed by atoms with E-state index in [4.69, 9.17) is 9.15 Å². The summed E-state index contributed by atoms with van der Waals surface area (Å²) in [5, 5.41) is 2.78. The van der Waals surface area contributed by atoms with Crippen LogP contribution in [0.5, 0.6) is 5.75 Å². The number of amides is 2. The number of hydrogen-bond acceptors (Lipinski definition) is 4. The van der Waals surface area contributed by atoms with Crippen molar-refractivity contribution in [3.05, 3.63) is 54.0 Å². The number of rotatable bonds is 2. The van der Waals surface area contributed by atoms with Crippen LogP contribution >= 0.6 is 0 Å². The van der Waals surface area contributed by atoms with Crippen molar-refractivity contribution in [2.75, 3.05) is 18.4 Å². The van der Waals surface area contributed by atoms with E-state index >= 15 is 0 Å². The topological polar surface area (TPSA) is 71.8 Å². The molecule has 1 aromatic heterocycles. The molecule has 2 aliphatic heterocycles. The predicted octanol–water partition coefficient (Wildman–Crippen LogP) is 2.93. The van der Waals surface area contributed by atoms with Crippen LogP contribution in [-0.2, 0) is 4.79 Å². The summed E-state index contributed by atoms with van der Waals surface area (Å²) in [6.07, 6.45) is 3.87. The van der Waals surface area contributed by atoms with E-state index in [0.29, 0.717) is 30.1 Å². The number of ether oxygens (including phenoxy) is 1. The minimum Gasteiger partial charge on any atom is -0.478 e. The van der Waals surface area contributed by atoms with E-state index in [1.807, 2.05) is 12.1 Å². The lowest BCUT2D eigenvalue weighted by Crippen LogP contribution is -2.38. The van der Waals surface area contributed by atoms with Gasteiger partial charge in [0, 0.05) is 18.7 Å². The zero-order valence-electron chi connectivity index (χ0n) is 13.8. The Kier molecular flexibility index (Phi) is 3.80. The lowest BCUT2D eigenvalue weighted by molar-refractivity contribution is -0.122. The number of para-hydroxylation sites is 1. The highest BCUT2D eigenvalue weighted by molar-refractivity contribution is 6.04. The molecule has 128 valence electrons. The maximum absolute atomic E-state index is 13.1. The van der Waals surface area contributed by atoms with Crippen LogP contribution in [0.4, 0.5) is 5.69 Å². The Labute approximate surface area is 145 Å². The molecule has 1 atom stereocenters. The van der Waals surface area contributed by atoms with E-state index in [-0.39, 0.29) is 11.8 Å². The fourth-order valence-electron chi connectivity index (χ4n) is 3.12. The Hall–Kier alpha value is -3.02. The molecule has 2 aromatic rings. The molecular formula is C19H18N2O4. The van der Waals surface area contributed by atoms with E-state index in [1.165, 1.54) is 0 Å². The van der Waals surface area contributed by atoms with Crippen molar-refractivity contribution >= 4 is 23.1 Å². The van der Waals surface area contributed by atoms with Crippen LogP contribution in [0.3, 0.4) is 0 Å². The van der Waals surface area contributed by atoms with Gasteiger partial charge in [0.05, 0.1) is 17.5 Å². The van der Waals surface area contributed by atoms with Crippen LogP contribution < -0.4 is 10.1 Å². The standard InChI is InChI=1S/C19H18N2O4/c1-12-18(22)20-15-7-2-6-14(17(15)25-12)19(23)21-9-3-5-13(11-21)16-8-4-10-24-16/h2,4-8,10,12H,3,9,11H2,1H3,(H,20,22). The van der Waals surface area contributed by atoms with Gasteiger partial charge >= 0.3 is 0 Å². The van der Waals surface area contributed by atoms with E-state index in [1.54, 1.807) is 36.3 Å². The third kappa shape index (κ3) is 2.80. The molecule has 0 saturated heterocycles. The van der Waals surface area contributed by atoms with Crippen molar-refractivity contribution in [1.29, 1.82) is 0 Å². The molecule has 4 rings (SSSR count). The Balaban J connectivity index is 1.61. The Morgan fingerprint density at radius 3 is 2.96 bits per heavy atom. The Morgan fingerprint density at radius 2 is 2.16 bits per heavy atom. The summed E-state index contributed by atoms with van der Waals surface area (Å²) in [4.78, 5) is 26.6. The van der Waals surface area contributed by atoms with Gasteiger partial charge in [0.25, 0.3) is 11.8 Å². The van der Waals surface area contributed by atoms with Gasteiger partial charge in [-0.25, -0.2) is 0 Å². The highest BCUT2D eigenvalue weighted by Gasteiger charge is 2.30. The summed E-state index contributed by atoms with van der Waals surface area (Å²) < 4.78 is 11.1. The highest BCUT2D eigenvalue weighted by Crippen LogP contribution is 2.34. The lowest BCUT2D eigenvalue weighted by atomic mass is 10.0. The third-order valence-electron chi connectivity index (χ3n) is 4.44. The summed E-state index contributed by atoms with van der Waals surface area (Å²) in [5.74, 6) is 0.897. The number of furan rings is 1. The van der Waals surface area contributed by atoms with Gasteiger partial charge in [-0.2, -0.15) is 0 Å². The van der Waals surface area contributed by atoms with Crippen LogP contribution in [0.1, 0.15) is 29.5 Å². The summed E-state index contributed by atoms with van der Waals surface area (Å²) >= 11 is 0. The minimum absolute atomic E-state index is 0.114. The smallest absolute Gasteiger partial charge is 0.265 e. The average molecular weight is 338 g/mol. The van der Waals surface area contributed by atoms with Crippen molar-refractivity contribution in [2.45, 2.75) is 19.4 Å². The first-order valence-corrected chi connectivity index (χ1v) is 8.26. The molecule has 6 nitrogen and oxygen atoms in total. The second-order valence-corrected chi connectivity index (χ2v) is 6.15. The number of nitrogens with zero attached hydrogens (tertiary/aromatic N) is 1. The molecule has 0 fully saturated rings. The van der Waals surface area contributed by atoms with Crippen LogP contribution in [0.25, 0.3) is 5.57 Å². The van der Waals surface area contributed by atoms with Crippen LogP contribution in [0.15, 0.2) is 47.1 Å².